The van der Waals surface area contributed by atoms with Crippen molar-refractivity contribution in [2.75, 3.05) is 0 Å². The minimum Gasteiger partial charge on any atom is -0.456 e. The molecule has 352 valence electrons. The van der Waals surface area contributed by atoms with E-state index in [2.05, 4.69) is 206 Å². The first-order chi connectivity index (χ1) is 37.7. The Morgan fingerprint density at radius 3 is 1.59 bits per heavy atom. The average molecular weight is 986 g/mol. The summed E-state index contributed by atoms with van der Waals surface area (Å²) in [5, 5.41) is 6.29. The van der Waals surface area contributed by atoms with Gasteiger partial charge >= 0.3 is 0 Å². The quantitative estimate of drug-likeness (QED) is 0.172. The fourth-order valence-corrected chi connectivity index (χ4v) is 14.2. The molecule has 17 rings (SSSR count). The molecule has 0 atom stereocenters. The molecule has 0 N–H and O–H groups in total. The molecular formula is C70H39N3O2S. The third kappa shape index (κ3) is 5.71. The summed E-state index contributed by atoms with van der Waals surface area (Å²) in [6.45, 7) is 0. The maximum absolute atomic E-state index is 6.72. The molecule has 15 aromatic rings. The maximum atomic E-state index is 6.72. The van der Waals surface area contributed by atoms with E-state index in [-0.39, 0.29) is 0 Å². The van der Waals surface area contributed by atoms with E-state index in [1.165, 1.54) is 70.4 Å². The Balaban J connectivity index is 0.854. The summed E-state index contributed by atoms with van der Waals surface area (Å²) in [7, 11) is 0. The average Bonchev–Trinajstić information content (AvgIpc) is 4.45. The SMILES string of the molecule is c1cc(-c2ccc3oc4cccc(-c5nc(-c6cccc7c6oc6ccccc67)nc(-c6cccc7sc8ccccc8c67)n5)c4c3c2)cc(-c2cccc3c2C2(c4ccccc4-c4ccccc42)c2ccccc2-3)c1. The maximum Gasteiger partial charge on any atom is 0.167 e. The summed E-state index contributed by atoms with van der Waals surface area (Å²) in [6.07, 6.45) is 0. The van der Waals surface area contributed by atoms with Crippen LogP contribution in [0.3, 0.4) is 0 Å². The third-order valence-corrected chi connectivity index (χ3v) is 17.3. The van der Waals surface area contributed by atoms with Crippen LogP contribution in [0.5, 0.6) is 0 Å². The molecule has 5 nitrogen and oxygen atoms in total. The van der Waals surface area contributed by atoms with E-state index in [0.29, 0.717) is 17.5 Å². The Labute approximate surface area is 439 Å². The van der Waals surface area contributed by atoms with Crippen molar-refractivity contribution in [2.24, 2.45) is 0 Å². The standard InChI is InChI=1S/C70H39N3O2S/c1-6-29-55-44(18-1)45-19-2-7-30-56(45)70(55)57-31-8-3-20-46(57)48-24-12-23-43(65(48)70)42-17-11-16-40(38-42)41-36-37-59-54(39-41)63-51(26-14-33-60(63)74-59)67-71-68(52-27-15-35-62-64(52)50-22-5-10-34-61(50)76-62)73-69(72-67)53-28-13-25-49-47-21-4-9-32-58(47)75-66(49)53/h1-39H. The lowest BCUT2D eigenvalue weighted by Crippen LogP contribution is -2.26. The van der Waals surface area contributed by atoms with Crippen LogP contribution in [0.1, 0.15) is 22.3 Å². The zero-order chi connectivity index (χ0) is 49.6. The Morgan fingerprint density at radius 1 is 0.303 bits per heavy atom. The summed E-state index contributed by atoms with van der Waals surface area (Å²) >= 11 is 1.78. The normalized spacial score (nSPS) is 13.1. The van der Waals surface area contributed by atoms with Crippen LogP contribution in [0.25, 0.3) is 143 Å². The van der Waals surface area contributed by atoms with Crippen LogP contribution in [-0.2, 0) is 5.41 Å². The predicted molar refractivity (Wildman–Crippen MR) is 311 cm³/mol. The van der Waals surface area contributed by atoms with Crippen molar-refractivity contribution in [2.45, 2.75) is 5.41 Å². The van der Waals surface area contributed by atoms with Crippen molar-refractivity contribution in [3.05, 3.63) is 259 Å². The number of nitrogens with zero attached hydrogens (tertiary/aromatic N) is 3. The molecular weight excluding hydrogens is 947 g/mol. The van der Waals surface area contributed by atoms with Gasteiger partial charge in [-0.1, -0.05) is 188 Å². The lowest BCUT2D eigenvalue weighted by atomic mass is 9.68. The van der Waals surface area contributed by atoms with Crippen molar-refractivity contribution >= 4 is 75.4 Å². The van der Waals surface area contributed by atoms with E-state index < -0.39 is 5.41 Å². The molecule has 0 radical (unpaired) electrons. The lowest BCUT2D eigenvalue weighted by Gasteiger charge is -2.32. The van der Waals surface area contributed by atoms with Gasteiger partial charge in [0.05, 0.1) is 11.0 Å². The van der Waals surface area contributed by atoms with Gasteiger partial charge in [0.2, 0.25) is 0 Å². The van der Waals surface area contributed by atoms with E-state index in [0.717, 1.165) is 77.1 Å². The van der Waals surface area contributed by atoms with Gasteiger partial charge in [0.25, 0.3) is 0 Å². The summed E-state index contributed by atoms with van der Waals surface area (Å²) in [4.78, 5) is 16.2. The smallest absolute Gasteiger partial charge is 0.167 e. The second kappa shape index (κ2) is 15.6. The van der Waals surface area contributed by atoms with Crippen molar-refractivity contribution in [3.63, 3.8) is 0 Å². The van der Waals surface area contributed by atoms with Crippen molar-refractivity contribution in [1.29, 1.82) is 0 Å². The number of rotatable bonds is 5. The molecule has 2 aliphatic carbocycles. The van der Waals surface area contributed by atoms with Gasteiger partial charge in [-0.15, -0.1) is 11.3 Å². The second-order valence-electron chi connectivity index (χ2n) is 20.1. The Morgan fingerprint density at radius 2 is 0.803 bits per heavy atom. The van der Waals surface area contributed by atoms with Crippen LogP contribution in [-0.4, -0.2) is 15.0 Å². The molecule has 0 saturated heterocycles. The summed E-state index contributed by atoms with van der Waals surface area (Å²) in [5.74, 6) is 1.67. The molecule has 4 heterocycles. The van der Waals surface area contributed by atoms with Gasteiger partial charge in [-0.3, -0.25) is 0 Å². The molecule has 0 unspecified atom stereocenters. The third-order valence-electron chi connectivity index (χ3n) is 16.2. The van der Waals surface area contributed by atoms with E-state index in [4.69, 9.17) is 23.8 Å². The molecule has 0 aliphatic heterocycles. The van der Waals surface area contributed by atoms with Crippen molar-refractivity contribution in [1.82, 2.24) is 15.0 Å². The van der Waals surface area contributed by atoms with Crippen LogP contribution in [0.15, 0.2) is 245 Å². The van der Waals surface area contributed by atoms with Crippen molar-refractivity contribution < 1.29 is 8.83 Å². The van der Waals surface area contributed by atoms with Gasteiger partial charge in [0.1, 0.15) is 22.3 Å². The van der Waals surface area contributed by atoms with Gasteiger partial charge < -0.3 is 8.83 Å². The Bertz CT molecular complexity index is 4920. The highest BCUT2D eigenvalue weighted by atomic mass is 32.1. The number of para-hydroxylation sites is 2. The van der Waals surface area contributed by atoms with E-state index in [1.54, 1.807) is 11.3 Å². The van der Waals surface area contributed by atoms with Gasteiger partial charge in [-0.05, 0) is 115 Å². The minimum atomic E-state index is -0.464. The van der Waals surface area contributed by atoms with Gasteiger partial charge in [0.15, 0.2) is 17.5 Å². The summed E-state index contributed by atoms with van der Waals surface area (Å²) in [5.41, 5.74) is 20.3. The summed E-state index contributed by atoms with van der Waals surface area (Å²) < 4.78 is 15.7. The number of aromatic nitrogens is 3. The molecule has 11 aromatic carbocycles. The van der Waals surface area contributed by atoms with Crippen LogP contribution in [0.2, 0.25) is 0 Å². The fraction of sp³-hybridized carbons (Fsp3) is 0.0143. The molecule has 76 heavy (non-hydrogen) atoms. The molecule has 0 fully saturated rings. The molecule has 0 amide bonds. The van der Waals surface area contributed by atoms with E-state index in [1.807, 2.05) is 30.3 Å². The van der Waals surface area contributed by atoms with Gasteiger partial charge in [0, 0.05) is 52.8 Å². The largest absolute Gasteiger partial charge is 0.456 e. The summed E-state index contributed by atoms with van der Waals surface area (Å²) in [6, 6.07) is 85.1. The first kappa shape index (κ1) is 41.7. The molecule has 2 aliphatic rings. The lowest BCUT2D eigenvalue weighted by molar-refractivity contribution is 0.668. The number of benzene rings is 11. The Kier molecular flexibility index (Phi) is 8.58. The molecule has 4 aromatic heterocycles. The topological polar surface area (TPSA) is 65.0 Å². The number of furan rings is 2. The highest BCUT2D eigenvalue weighted by Gasteiger charge is 2.52. The number of thiophene rings is 1. The number of fused-ring (bicyclic) bond motifs is 19. The van der Waals surface area contributed by atoms with Crippen LogP contribution >= 0.6 is 11.3 Å². The zero-order valence-corrected chi connectivity index (χ0v) is 41.4. The highest BCUT2D eigenvalue weighted by Crippen LogP contribution is 2.64. The van der Waals surface area contributed by atoms with Gasteiger partial charge in [-0.25, -0.2) is 15.0 Å². The van der Waals surface area contributed by atoms with E-state index in [9.17, 15) is 0 Å². The second-order valence-corrected chi connectivity index (χ2v) is 21.1. The minimum absolute atomic E-state index is 0.464. The number of hydrogen-bond donors (Lipinski definition) is 0. The molecule has 6 heteroatoms. The molecule has 0 bridgehead atoms. The zero-order valence-electron chi connectivity index (χ0n) is 40.6. The molecule has 0 saturated carbocycles. The predicted octanol–water partition coefficient (Wildman–Crippen LogP) is 18.7. The molecule has 1 spiro atoms. The first-order valence-electron chi connectivity index (χ1n) is 25.7. The van der Waals surface area contributed by atoms with Crippen molar-refractivity contribution in [3.8, 4) is 78.7 Å². The fourth-order valence-electron chi connectivity index (χ4n) is 13.1. The number of hydrogen-bond acceptors (Lipinski definition) is 6. The first-order valence-corrected chi connectivity index (χ1v) is 26.6. The monoisotopic (exact) mass is 985 g/mol. The van der Waals surface area contributed by atoms with E-state index >= 15 is 0 Å². The highest BCUT2D eigenvalue weighted by molar-refractivity contribution is 7.25. The van der Waals surface area contributed by atoms with Crippen LogP contribution < -0.4 is 0 Å². The van der Waals surface area contributed by atoms with Crippen LogP contribution in [0, 0.1) is 0 Å². The van der Waals surface area contributed by atoms with Gasteiger partial charge in [-0.2, -0.15) is 0 Å². The Hall–Kier alpha value is -9.75. The van der Waals surface area contributed by atoms with Crippen LogP contribution in [0.4, 0.5) is 0 Å².